The van der Waals surface area contributed by atoms with Gasteiger partial charge in [-0.2, -0.15) is 0 Å². The van der Waals surface area contributed by atoms with E-state index in [-0.39, 0.29) is 5.91 Å². The van der Waals surface area contributed by atoms with Crippen molar-refractivity contribution in [3.8, 4) is 0 Å². The first-order chi connectivity index (χ1) is 8.15. The summed E-state index contributed by atoms with van der Waals surface area (Å²) >= 11 is 1.78. The molecule has 3 N–H and O–H groups in total. The van der Waals surface area contributed by atoms with Crippen molar-refractivity contribution < 1.29 is 4.79 Å². The van der Waals surface area contributed by atoms with Crippen LogP contribution in [0.5, 0.6) is 0 Å². The minimum atomic E-state index is -0.0843. The van der Waals surface area contributed by atoms with Gasteiger partial charge in [0.25, 0.3) is 0 Å². The molecule has 1 aromatic heterocycles. The lowest BCUT2D eigenvalue weighted by molar-refractivity contribution is -0.121. The molecule has 1 unspecified atom stereocenters. The number of hydrogen-bond acceptors (Lipinski definition) is 4. The van der Waals surface area contributed by atoms with Crippen molar-refractivity contribution in [1.29, 1.82) is 0 Å². The van der Waals surface area contributed by atoms with Crippen molar-refractivity contribution in [3.63, 3.8) is 0 Å². The second kappa shape index (κ2) is 7.42. The number of hydrogen-bond donors (Lipinski definition) is 2. The van der Waals surface area contributed by atoms with Gasteiger partial charge in [0.05, 0.1) is 0 Å². The number of carbonyl (C=O) groups excluding carboxylic acids is 1. The number of unbranched alkanes of at least 4 members (excludes halogenated alkanes) is 1. The van der Waals surface area contributed by atoms with Crippen LogP contribution in [0.4, 0.5) is 0 Å². The van der Waals surface area contributed by atoms with Crippen LogP contribution >= 0.6 is 11.3 Å². The molecular formula is C12H21N3OS. The summed E-state index contributed by atoms with van der Waals surface area (Å²) in [6, 6.07) is 4.68. The zero-order valence-electron chi connectivity index (χ0n) is 10.5. The van der Waals surface area contributed by atoms with Gasteiger partial charge in [0.1, 0.15) is 0 Å². The Morgan fingerprint density at radius 2 is 2.35 bits per heavy atom. The van der Waals surface area contributed by atoms with Crippen molar-refractivity contribution in [2.75, 3.05) is 13.6 Å². The number of hydrazine groups is 1. The Hall–Kier alpha value is -0.910. The third-order valence-corrected chi connectivity index (χ3v) is 3.98. The highest BCUT2D eigenvalue weighted by atomic mass is 32.1. The number of nitrogens with two attached hydrogens (primary N) is 1. The van der Waals surface area contributed by atoms with Gasteiger partial charge < -0.3 is 0 Å². The van der Waals surface area contributed by atoms with E-state index in [1.807, 2.05) is 0 Å². The summed E-state index contributed by atoms with van der Waals surface area (Å²) in [4.78, 5) is 14.6. The Morgan fingerprint density at radius 3 is 2.94 bits per heavy atom. The van der Waals surface area contributed by atoms with Gasteiger partial charge >= 0.3 is 0 Å². The van der Waals surface area contributed by atoms with Crippen molar-refractivity contribution in [2.24, 2.45) is 5.84 Å². The number of rotatable bonds is 7. The Balaban J connectivity index is 2.21. The first kappa shape index (κ1) is 14.2. The molecule has 0 aliphatic heterocycles. The molecule has 0 aromatic carbocycles. The lowest BCUT2D eigenvalue weighted by Gasteiger charge is -2.23. The van der Waals surface area contributed by atoms with Crippen LogP contribution in [0.2, 0.25) is 0 Å². The van der Waals surface area contributed by atoms with Crippen LogP contribution in [-0.2, 0) is 4.79 Å². The number of thiophene rings is 1. The summed E-state index contributed by atoms with van der Waals surface area (Å²) < 4.78 is 0. The van der Waals surface area contributed by atoms with Crippen molar-refractivity contribution >= 4 is 17.2 Å². The molecule has 0 spiro atoms. The van der Waals surface area contributed by atoms with E-state index in [1.165, 1.54) is 4.88 Å². The summed E-state index contributed by atoms with van der Waals surface area (Å²) in [7, 11) is 2.12. The number of nitrogens with zero attached hydrogens (tertiary/aromatic N) is 1. The zero-order chi connectivity index (χ0) is 12.7. The average molecular weight is 255 g/mol. The molecule has 0 saturated heterocycles. The molecule has 1 aromatic rings. The van der Waals surface area contributed by atoms with E-state index in [4.69, 9.17) is 5.84 Å². The molecule has 4 nitrogen and oxygen atoms in total. The van der Waals surface area contributed by atoms with Crippen molar-refractivity contribution in [1.82, 2.24) is 10.3 Å². The predicted molar refractivity (Wildman–Crippen MR) is 71.5 cm³/mol. The Kier molecular flexibility index (Phi) is 6.18. The standard InChI is InChI=1S/C12H21N3OS/c1-10(11-6-5-9-17-11)15(2)8-4-3-7-12(16)14-13/h5-6,9-10H,3-4,7-8,13H2,1-2H3,(H,14,16). The van der Waals surface area contributed by atoms with Crippen LogP contribution < -0.4 is 11.3 Å². The molecule has 0 radical (unpaired) electrons. The Morgan fingerprint density at radius 1 is 1.59 bits per heavy atom. The van der Waals surface area contributed by atoms with E-state index < -0.39 is 0 Å². The van der Waals surface area contributed by atoms with Crippen LogP contribution in [0.25, 0.3) is 0 Å². The van der Waals surface area contributed by atoms with Gasteiger partial charge in [0.2, 0.25) is 5.91 Å². The maximum atomic E-state index is 10.9. The largest absolute Gasteiger partial charge is 0.299 e. The van der Waals surface area contributed by atoms with Gasteiger partial charge in [-0.05, 0) is 44.8 Å². The molecule has 5 heteroatoms. The zero-order valence-corrected chi connectivity index (χ0v) is 11.3. The molecule has 0 bridgehead atoms. The third kappa shape index (κ3) is 4.85. The highest BCUT2D eigenvalue weighted by molar-refractivity contribution is 7.10. The second-order valence-corrected chi connectivity index (χ2v) is 5.18. The van der Waals surface area contributed by atoms with E-state index in [1.54, 1.807) is 11.3 Å². The van der Waals surface area contributed by atoms with Gasteiger partial charge in [-0.3, -0.25) is 15.1 Å². The van der Waals surface area contributed by atoms with E-state index in [2.05, 4.69) is 41.8 Å². The molecule has 0 aliphatic rings. The highest BCUT2D eigenvalue weighted by Gasteiger charge is 2.11. The highest BCUT2D eigenvalue weighted by Crippen LogP contribution is 2.23. The first-order valence-corrected chi connectivity index (χ1v) is 6.76. The average Bonchev–Trinajstić information content (AvgIpc) is 2.86. The summed E-state index contributed by atoms with van der Waals surface area (Å²) in [6.45, 7) is 3.20. The van der Waals surface area contributed by atoms with Crippen LogP contribution in [0.15, 0.2) is 17.5 Å². The quantitative estimate of drug-likeness (QED) is 0.338. The lowest BCUT2D eigenvalue weighted by atomic mass is 10.2. The minimum absolute atomic E-state index is 0.0843. The molecule has 0 aliphatic carbocycles. The maximum Gasteiger partial charge on any atom is 0.233 e. The molecule has 0 saturated carbocycles. The van der Waals surface area contributed by atoms with Crippen molar-refractivity contribution in [3.05, 3.63) is 22.4 Å². The van der Waals surface area contributed by atoms with Gasteiger partial charge in [-0.15, -0.1) is 11.3 Å². The number of amides is 1. The van der Waals surface area contributed by atoms with Crippen LogP contribution in [0.1, 0.15) is 37.1 Å². The summed E-state index contributed by atoms with van der Waals surface area (Å²) in [5.74, 6) is 4.93. The fraction of sp³-hybridized carbons (Fsp3) is 0.583. The van der Waals surface area contributed by atoms with Crippen LogP contribution in [0.3, 0.4) is 0 Å². The SMILES string of the molecule is CC(c1cccs1)N(C)CCCCC(=O)NN. The number of nitrogens with one attached hydrogen (secondary N) is 1. The van der Waals surface area contributed by atoms with Gasteiger partial charge in [-0.25, -0.2) is 5.84 Å². The predicted octanol–water partition coefficient (Wildman–Crippen LogP) is 1.90. The summed E-state index contributed by atoms with van der Waals surface area (Å²) in [5.41, 5.74) is 2.15. The van der Waals surface area contributed by atoms with Crippen molar-refractivity contribution in [2.45, 2.75) is 32.2 Å². The smallest absolute Gasteiger partial charge is 0.233 e. The van der Waals surface area contributed by atoms with E-state index in [9.17, 15) is 4.79 Å². The van der Waals surface area contributed by atoms with Gasteiger partial charge in [0, 0.05) is 17.3 Å². The molecule has 1 heterocycles. The van der Waals surface area contributed by atoms with Gasteiger partial charge in [0.15, 0.2) is 0 Å². The molecule has 0 fully saturated rings. The fourth-order valence-electron chi connectivity index (χ4n) is 1.66. The normalized spacial score (nSPS) is 12.7. The third-order valence-electron chi connectivity index (χ3n) is 2.94. The summed E-state index contributed by atoms with van der Waals surface area (Å²) in [6.07, 6.45) is 2.40. The van der Waals surface area contributed by atoms with Crippen LogP contribution in [0, 0.1) is 0 Å². The molecule has 1 amide bonds. The van der Waals surface area contributed by atoms with E-state index in [0.29, 0.717) is 12.5 Å². The lowest BCUT2D eigenvalue weighted by Crippen LogP contribution is -2.30. The first-order valence-electron chi connectivity index (χ1n) is 5.88. The topological polar surface area (TPSA) is 58.4 Å². The number of carbonyl (C=O) groups is 1. The van der Waals surface area contributed by atoms with E-state index in [0.717, 1.165) is 19.4 Å². The molecule has 1 rings (SSSR count). The molecule has 1 atom stereocenters. The fourth-order valence-corrected chi connectivity index (χ4v) is 2.51. The van der Waals surface area contributed by atoms with Gasteiger partial charge in [-0.1, -0.05) is 6.07 Å². The van der Waals surface area contributed by atoms with Crippen LogP contribution in [-0.4, -0.2) is 24.4 Å². The summed E-state index contributed by atoms with van der Waals surface area (Å²) in [5, 5.41) is 2.10. The Bertz CT molecular complexity index is 327. The second-order valence-electron chi connectivity index (χ2n) is 4.20. The monoisotopic (exact) mass is 255 g/mol. The maximum absolute atomic E-state index is 10.9. The molecule has 96 valence electrons. The minimum Gasteiger partial charge on any atom is -0.299 e. The molecule has 17 heavy (non-hydrogen) atoms. The molecular weight excluding hydrogens is 234 g/mol. The Labute approximate surface area is 107 Å². The van der Waals surface area contributed by atoms with E-state index >= 15 is 0 Å².